The summed E-state index contributed by atoms with van der Waals surface area (Å²) in [5.41, 5.74) is 1.46. The van der Waals surface area contributed by atoms with Gasteiger partial charge in [-0.1, -0.05) is 26.7 Å². The minimum Gasteiger partial charge on any atom is -0.381 e. The standard InChI is InChI=1S/C16H30O/c1-15(9-10-15)7-4-3-5-13-17-14-6-8-16(2)11-12-16/h3-14H2,1-2H3. The predicted molar refractivity (Wildman–Crippen MR) is 73.2 cm³/mol. The zero-order valence-electron chi connectivity index (χ0n) is 11.9. The number of ether oxygens (including phenoxy) is 1. The molecule has 2 fully saturated rings. The number of hydrogen-bond acceptors (Lipinski definition) is 1. The Morgan fingerprint density at radius 2 is 1.24 bits per heavy atom. The highest BCUT2D eigenvalue weighted by Crippen LogP contribution is 2.49. The lowest BCUT2D eigenvalue weighted by atomic mass is 10.0. The van der Waals surface area contributed by atoms with Crippen LogP contribution in [0.5, 0.6) is 0 Å². The van der Waals surface area contributed by atoms with E-state index in [4.69, 9.17) is 4.74 Å². The summed E-state index contributed by atoms with van der Waals surface area (Å²) in [5, 5.41) is 0. The van der Waals surface area contributed by atoms with Crippen LogP contribution in [0.4, 0.5) is 0 Å². The summed E-state index contributed by atoms with van der Waals surface area (Å²) in [5.74, 6) is 0. The smallest absolute Gasteiger partial charge is 0.0466 e. The zero-order chi connectivity index (χ0) is 12.2. The molecule has 0 heterocycles. The van der Waals surface area contributed by atoms with E-state index in [1.807, 2.05) is 0 Å². The van der Waals surface area contributed by atoms with Crippen LogP contribution in [0.1, 0.15) is 78.1 Å². The molecule has 2 aliphatic carbocycles. The van der Waals surface area contributed by atoms with Gasteiger partial charge in [0, 0.05) is 13.2 Å². The van der Waals surface area contributed by atoms with Gasteiger partial charge in [-0.2, -0.15) is 0 Å². The zero-order valence-corrected chi connectivity index (χ0v) is 11.9. The first kappa shape index (κ1) is 13.4. The van der Waals surface area contributed by atoms with E-state index in [0.29, 0.717) is 5.41 Å². The van der Waals surface area contributed by atoms with E-state index in [1.165, 1.54) is 64.2 Å². The van der Waals surface area contributed by atoms with Gasteiger partial charge in [-0.25, -0.2) is 0 Å². The topological polar surface area (TPSA) is 9.23 Å². The SMILES string of the molecule is CC1(CCCCCOCCCC2(C)CC2)CC1. The van der Waals surface area contributed by atoms with Crippen molar-refractivity contribution < 1.29 is 4.74 Å². The van der Waals surface area contributed by atoms with E-state index in [1.54, 1.807) is 0 Å². The number of unbranched alkanes of at least 4 members (excludes halogenated alkanes) is 2. The van der Waals surface area contributed by atoms with Crippen molar-refractivity contribution >= 4 is 0 Å². The average Bonchev–Trinajstić information content (AvgIpc) is 3.19. The van der Waals surface area contributed by atoms with Crippen LogP contribution in [0.25, 0.3) is 0 Å². The van der Waals surface area contributed by atoms with Gasteiger partial charge in [-0.15, -0.1) is 0 Å². The molecule has 0 N–H and O–H groups in total. The van der Waals surface area contributed by atoms with Crippen molar-refractivity contribution in [3.8, 4) is 0 Å². The summed E-state index contributed by atoms with van der Waals surface area (Å²) in [6.45, 7) is 6.83. The van der Waals surface area contributed by atoms with Crippen molar-refractivity contribution in [3.05, 3.63) is 0 Å². The molecule has 0 aliphatic heterocycles. The van der Waals surface area contributed by atoms with Crippen LogP contribution >= 0.6 is 0 Å². The normalized spacial score (nSPS) is 23.6. The summed E-state index contributed by atoms with van der Waals surface area (Å²) in [6, 6.07) is 0. The molecule has 0 aromatic carbocycles. The van der Waals surface area contributed by atoms with E-state index in [9.17, 15) is 0 Å². The molecule has 0 radical (unpaired) electrons. The molecule has 0 aromatic rings. The van der Waals surface area contributed by atoms with E-state index in [0.717, 1.165) is 18.6 Å². The predicted octanol–water partition coefficient (Wildman–Crippen LogP) is 4.94. The molecule has 0 aromatic heterocycles. The average molecular weight is 238 g/mol. The first-order chi connectivity index (χ1) is 8.12. The Kier molecular flexibility index (Phi) is 4.52. The molecular weight excluding hydrogens is 208 g/mol. The van der Waals surface area contributed by atoms with Crippen molar-refractivity contribution in [1.29, 1.82) is 0 Å². The second kappa shape index (κ2) is 5.73. The van der Waals surface area contributed by atoms with Gasteiger partial charge in [0.25, 0.3) is 0 Å². The van der Waals surface area contributed by atoms with Crippen LogP contribution in [0.2, 0.25) is 0 Å². The van der Waals surface area contributed by atoms with Gasteiger partial charge in [0.1, 0.15) is 0 Å². The Morgan fingerprint density at radius 1 is 0.706 bits per heavy atom. The monoisotopic (exact) mass is 238 g/mol. The van der Waals surface area contributed by atoms with Gasteiger partial charge >= 0.3 is 0 Å². The molecule has 100 valence electrons. The Bertz CT molecular complexity index is 202. The molecule has 0 unspecified atom stereocenters. The maximum atomic E-state index is 5.70. The molecule has 0 saturated heterocycles. The van der Waals surface area contributed by atoms with Crippen molar-refractivity contribution in [3.63, 3.8) is 0 Å². The first-order valence-electron chi connectivity index (χ1n) is 7.70. The Hall–Kier alpha value is -0.0400. The maximum absolute atomic E-state index is 5.70. The molecule has 1 heteroatoms. The first-order valence-corrected chi connectivity index (χ1v) is 7.70. The van der Waals surface area contributed by atoms with Crippen molar-refractivity contribution in [1.82, 2.24) is 0 Å². The van der Waals surface area contributed by atoms with Gasteiger partial charge in [0.05, 0.1) is 0 Å². The van der Waals surface area contributed by atoms with Crippen LogP contribution in [-0.2, 0) is 4.74 Å². The third-order valence-corrected chi connectivity index (χ3v) is 4.85. The molecule has 1 nitrogen and oxygen atoms in total. The fraction of sp³-hybridized carbons (Fsp3) is 1.00. The Labute approximate surface area is 107 Å². The van der Waals surface area contributed by atoms with Crippen LogP contribution in [0, 0.1) is 10.8 Å². The minimum absolute atomic E-state index is 0.711. The molecule has 2 rings (SSSR count). The van der Waals surface area contributed by atoms with Crippen LogP contribution in [0.3, 0.4) is 0 Å². The number of hydrogen-bond donors (Lipinski definition) is 0. The van der Waals surface area contributed by atoms with E-state index < -0.39 is 0 Å². The quantitative estimate of drug-likeness (QED) is 0.490. The van der Waals surface area contributed by atoms with Crippen molar-refractivity contribution in [2.24, 2.45) is 10.8 Å². The van der Waals surface area contributed by atoms with Gasteiger partial charge in [0.2, 0.25) is 0 Å². The van der Waals surface area contributed by atoms with Crippen LogP contribution in [-0.4, -0.2) is 13.2 Å². The van der Waals surface area contributed by atoms with E-state index >= 15 is 0 Å². The lowest BCUT2D eigenvalue weighted by molar-refractivity contribution is 0.122. The molecule has 0 atom stereocenters. The number of rotatable bonds is 10. The summed E-state index contributed by atoms with van der Waals surface area (Å²) in [6.07, 6.45) is 14.0. The van der Waals surface area contributed by atoms with Crippen LogP contribution < -0.4 is 0 Å². The summed E-state index contributed by atoms with van der Waals surface area (Å²) >= 11 is 0. The molecule has 2 aliphatic rings. The Balaban J connectivity index is 1.30. The second-order valence-electron chi connectivity index (χ2n) is 7.15. The summed E-state index contributed by atoms with van der Waals surface area (Å²) < 4.78 is 5.70. The fourth-order valence-corrected chi connectivity index (χ4v) is 2.56. The molecule has 2 saturated carbocycles. The summed E-state index contributed by atoms with van der Waals surface area (Å²) in [4.78, 5) is 0. The highest BCUT2D eigenvalue weighted by molar-refractivity contribution is 4.88. The fourth-order valence-electron chi connectivity index (χ4n) is 2.56. The lowest BCUT2D eigenvalue weighted by Crippen LogP contribution is -2.01. The molecule has 0 spiro atoms. The lowest BCUT2D eigenvalue weighted by Gasteiger charge is -2.09. The highest BCUT2D eigenvalue weighted by atomic mass is 16.5. The summed E-state index contributed by atoms with van der Waals surface area (Å²) in [7, 11) is 0. The minimum atomic E-state index is 0.711. The molecule has 0 bridgehead atoms. The third kappa shape index (κ3) is 5.42. The van der Waals surface area contributed by atoms with Gasteiger partial charge in [-0.05, 0) is 62.2 Å². The molecule has 0 amide bonds. The van der Waals surface area contributed by atoms with Crippen molar-refractivity contribution in [2.45, 2.75) is 78.1 Å². The van der Waals surface area contributed by atoms with E-state index in [2.05, 4.69) is 13.8 Å². The van der Waals surface area contributed by atoms with E-state index in [-0.39, 0.29) is 0 Å². The highest BCUT2D eigenvalue weighted by Gasteiger charge is 2.36. The van der Waals surface area contributed by atoms with Gasteiger partial charge in [-0.3, -0.25) is 0 Å². The van der Waals surface area contributed by atoms with Gasteiger partial charge < -0.3 is 4.74 Å². The van der Waals surface area contributed by atoms with Crippen molar-refractivity contribution in [2.75, 3.05) is 13.2 Å². The maximum Gasteiger partial charge on any atom is 0.0466 e. The van der Waals surface area contributed by atoms with Gasteiger partial charge in [0.15, 0.2) is 0 Å². The molecular formula is C16H30O. The Morgan fingerprint density at radius 3 is 1.82 bits per heavy atom. The third-order valence-electron chi connectivity index (χ3n) is 4.85. The van der Waals surface area contributed by atoms with Crippen LogP contribution in [0.15, 0.2) is 0 Å². The molecule has 17 heavy (non-hydrogen) atoms. The second-order valence-corrected chi connectivity index (χ2v) is 7.15. The largest absolute Gasteiger partial charge is 0.381 e.